The summed E-state index contributed by atoms with van der Waals surface area (Å²) < 4.78 is 11.0. The Morgan fingerprint density at radius 3 is 2.36 bits per heavy atom. The van der Waals surface area contributed by atoms with Gasteiger partial charge in [0.15, 0.2) is 11.5 Å². The highest BCUT2D eigenvalue weighted by Gasteiger charge is 2.15. The smallest absolute Gasteiger partial charge is 0.352 e. The summed E-state index contributed by atoms with van der Waals surface area (Å²) in [6.45, 7) is 0. The second-order valence-corrected chi connectivity index (χ2v) is 5.78. The van der Waals surface area contributed by atoms with Crippen molar-refractivity contribution in [3.8, 4) is 11.5 Å². The second-order valence-electron chi connectivity index (χ2n) is 4.92. The molecule has 0 radical (unpaired) electrons. The number of hydrogen-bond acceptors (Lipinski definition) is 4. The summed E-state index contributed by atoms with van der Waals surface area (Å²) in [6.07, 6.45) is 1.34. The highest BCUT2D eigenvalue weighted by Crippen LogP contribution is 2.36. The fourth-order valence-electron chi connectivity index (χ4n) is 2.12. The molecule has 0 aromatic heterocycles. The number of aliphatic carboxylic acids is 1. The van der Waals surface area contributed by atoms with Gasteiger partial charge in [-0.25, -0.2) is 4.79 Å². The quantitative estimate of drug-likeness (QED) is 0.719. The number of carboxylic acids is 1. The van der Waals surface area contributed by atoms with Crippen molar-refractivity contribution in [1.29, 1.82) is 0 Å². The summed E-state index contributed by atoms with van der Waals surface area (Å²) in [6, 6.07) is 11.6. The molecule has 0 unspecified atom stereocenters. The number of hydrogen-bond donors (Lipinski definition) is 2. The van der Waals surface area contributed by atoms with Crippen molar-refractivity contribution in [3.05, 3.63) is 63.8 Å². The molecule has 2 N–H and O–H groups in total. The Bertz CT molecular complexity index is 818. The molecule has 130 valence electrons. The molecule has 0 atom stereocenters. The van der Waals surface area contributed by atoms with E-state index in [1.807, 2.05) is 0 Å². The molecule has 1 amide bonds. The van der Waals surface area contributed by atoms with E-state index in [1.54, 1.807) is 42.5 Å². The van der Waals surface area contributed by atoms with Gasteiger partial charge in [0.05, 0.1) is 18.7 Å². The van der Waals surface area contributed by atoms with E-state index in [1.165, 1.54) is 20.3 Å². The SMILES string of the molecule is COc1cc(/C=C(/NC(=O)c2ccccc2)C(=O)O)cc(Br)c1OC. The van der Waals surface area contributed by atoms with E-state index in [0.717, 1.165) is 0 Å². The lowest BCUT2D eigenvalue weighted by atomic mass is 10.1. The maximum atomic E-state index is 12.2. The number of carbonyl (C=O) groups is 2. The normalized spacial score (nSPS) is 10.9. The number of amides is 1. The van der Waals surface area contributed by atoms with Gasteiger partial charge in [-0.05, 0) is 51.8 Å². The Kier molecular flexibility index (Phi) is 6.19. The first-order valence-corrected chi connectivity index (χ1v) is 7.98. The molecule has 0 aliphatic heterocycles. The molecule has 0 aliphatic carbocycles. The minimum absolute atomic E-state index is 0.257. The maximum absolute atomic E-state index is 12.2. The molecule has 2 rings (SSSR count). The van der Waals surface area contributed by atoms with E-state index in [4.69, 9.17) is 9.47 Å². The molecule has 0 saturated heterocycles. The van der Waals surface area contributed by atoms with Crippen LogP contribution in [0.5, 0.6) is 11.5 Å². The summed E-state index contributed by atoms with van der Waals surface area (Å²) in [5, 5.41) is 11.8. The van der Waals surface area contributed by atoms with Crippen LogP contribution in [0, 0.1) is 0 Å². The summed E-state index contributed by atoms with van der Waals surface area (Å²) in [5.74, 6) is -0.837. The molecule has 7 heteroatoms. The zero-order chi connectivity index (χ0) is 18.4. The first-order chi connectivity index (χ1) is 12.0. The van der Waals surface area contributed by atoms with Crippen LogP contribution < -0.4 is 14.8 Å². The van der Waals surface area contributed by atoms with Crippen molar-refractivity contribution in [2.75, 3.05) is 14.2 Å². The van der Waals surface area contributed by atoms with Crippen molar-refractivity contribution in [2.24, 2.45) is 0 Å². The number of carbonyl (C=O) groups excluding carboxylic acids is 1. The van der Waals surface area contributed by atoms with Gasteiger partial charge in [-0.3, -0.25) is 4.79 Å². The van der Waals surface area contributed by atoms with Gasteiger partial charge >= 0.3 is 5.97 Å². The van der Waals surface area contributed by atoms with Gasteiger partial charge in [-0.15, -0.1) is 0 Å². The van der Waals surface area contributed by atoms with Crippen LogP contribution in [0.4, 0.5) is 0 Å². The van der Waals surface area contributed by atoms with Gasteiger partial charge in [-0.1, -0.05) is 18.2 Å². The predicted molar refractivity (Wildman–Crippen MR) is 96.8 cm³/mol. The van der Waals surface area contributed by atoms with Crippen LogP contribution in [0.2, 0.25) is 0 Å². The van der Waals surface area contributed by atoms with Crippen LogP contribution in [0.3, 0.4) is 0 Å². The lowest BCUT2D eigenvalue weighted by Gasteiger charge is -2.11. The van der Waals surface area contributed by atoms with Gasteiger partial charge in [0.25, 0.3) is 5.91 Å². The van der Waals surface area contributed by atoms with E-state index < -0.39 is 11.9 Å². The van der Waals surface area contributed by atoms with Crippen LogP contribution in [0.25, 0.3) is 6.08 Å². The van der Waals surface area contributed by atoms with Crippen molar-refractivity contribution >= 4 is 33.9 Å². The summed E-state index contributed by atoms with van der Waals surface area (Å²) >= 11 is 3.34. The largest absolute Gasteiger partial charge is 0.493 e. The first kappa shape index (κ1) is 18.5. The number of ether oxygens (including phenoxy) is 2. The zero-order valence-electron chi connectivity index (χ0n) is 13.6. The fraction of sp³-hybridized carbons (Fsp3) is 0.111. The number of rotatable bonds is 6. The molecule has 0 saturated carbocycles. The Morgan fingerprint density at radius 2 is 1.80 bits per heavy atom. The minimum Gasteiger partial charge on any atom is -0.493 e. The molecule has 25 heavy (non-hydrogen) atoms. The molecule has 2 aromatic carbocycles. The molecule has 0 aliphatic rings. The van der Waals surface area contributed by atoms with E-state index >= 15 is 0 Å². The van der Waals surface area contributed by atoms with Crippen molar-refractivity contribution in [2.45, 2.75) is 0 Å². The summed E-state index contributed by atoms with van der Waals surface area (Å²) in [7, 11) is 2.98. The topological polar surface area (TPSA) is 84.9 Å². The average Bonchev–Trinajstić information content (AvgIpc) is 2.61. The highest BCUT2D eigenvalue weighted by atomic mass is 79.9. The zero-order valence-corrected chi connectivity index (χ0v) is 15.2. The van der Waals surface area contributed by atoms with E-state index in [9.17, 15) is 14.7 Å². The lowest BCUT2D eigenvalue weighted by molar-refractivity contribution is -0.132. The second kappa shape index (κ2) is 8.34. The van der Waals surface area contributed by atoms with Gasteiger partial charge in [0.2, 0.25) is 0 Å². The number of benzene rings is 2. The average molecular weight is 406 g/mol. The van der Waals surface area contributed by atoms with Gasteiger partial charge < -0.3 is 19.9 Å². The summed E-state index contributed by atoms with van der Waals surface area (Å²) in [4.78, 5) is 23.7. The van der Waals surface area contributed by atoms with Crippen LogP contribution in [0.1, 0.15) is 15.9 Å². The number of carboxylic acid groups (broad SMARTS) is 1. The molecule has 0 spiro atoms. The van der Waals surface area contributed by atoms with Crippen LogP contribution >= 0.6 is 15.9 Å². The highest BCUT2D eigenvalue weighted by molar-refractivity contribution is 9.10. The van der Waals surface area contributed by atoms with E-state index in [2.05, 4.69) is 21.2 Å². The third kappa shape index (κ3) is 4.60. The third-order valence-electron chi connectivity index (χ3n) is 3.28. The van der Waals surface area contributed by atoms with Crippen molar-refractivity contribution in [1.82, 2.24) is 5.32 Å². The molecular weight excluding hydrogens is 390 g/mol. The number of nitrogens with one attached hydrogen (secondary N) is 1. The van der Waals surface area contributed by atoms with Crippen LogP contribution in [-0.2, 0) is 4.79 Å². The van der Waals surface area contributed by atoms with Crippen LogP contribution in [-0.4, -0.2) is 31.2 Å². The van der Waals surface area contributed by atoms with Gasteiger partial charge in [-0.2, -0.15) is 0 Å². The Morgan fingerprint density at radius 1 is 1.12 bits per heavy atom. The van der Waals surface area contributed by atoms with Crippen molar-refractivity contribution in [3.63, 3.8) is 0 Å². The Hall–Kier alpha value is -2.80. The Labute approximate surface area is 153 Å². The number of halogens is 1. The molecule has 0 heterocycles. The lowest BCUT2D eigenvalue weighted by Crippen LogP contribution is -2.27. The standard InChI is InChI=1S/C18H16BrNO5/c1-24-15-10-11(8-13(19)16(15)25-2)9-14(18(22)23)20-17(21)12-6-4-3-5-7-12/h3-10H,1-2H3,(H,20,21)(H,22,23)/b14-9+. The predicted octanol–water partition coefficient (Wildman–Crippen LogP) is 3.32. The van der Waals surface area contributed by atoms with Crippen LogP contribution in [0.15, 0.2) is 52.6 Å². The van der Waals surface area contributed by atoms with E-state index in [0.29, 0.717) is 27.1 Å². The number of methoxy groups -OCH3 is 2. The fourth-order valence-corrected chi connectivity index (χ4v) is 2.74. The Balaban J connectivity index is 2.36. The van der Waals surface area contributed by atoms with Gasteiger partial charge in [0, 0.05) is 5.56 Å². The molecule has 6 nitrogen and oxygen atoms in total. The third-order valence-corrected chi connectivity index (χ3v) is 3.87. The molecule has 0 bridgehead atoms. The minimum atomic E-state index is -1.25. The maximum Gasteiger partial charge on any atom is 0.352 e. The van der Waals surface area contributed by atoms with E-state index in [-0.39, 0.29) is 5.70 Å². The van der Waals surface area contributed by atoms with Gasteiger partial charge in [0.1, 0.15) is 5.70 Å². The molecule has 2 aromatic rings. The summed E-state index contributed by atoms with van der Waals surface area (Å²) in [5.41, 5.74) is 0.631. The monoisotopic (exact) mass is 405 g/mol. The first-order valence-electron chi connectivity index (χ1n) is 7.19. The molecule has 0 fully saturated rings. The molecular formula is C18H16BrNO5. The van der Waals surface area contributed by atoms with Crippen molar-refractivity contribution < 1.29 is 24.2 Å².